The molecule has 2 heterocycles. The summed E-state index contributed by atoms with van der Waals surface area (Å²) in [5.74, 6) is -2.43. The van der Waals surface area contributed by atoms with Crippen LogP contribution < -0.4 is 10.4 Å². The molecule has 0 spiro atoms. The molecule has 67 heavy (non-hydrogen) atoms. The fraction of sp³-hybridized carbons (Fsp3) is 0.319. The topological polar surface area (TPSA) is 141 Å². The number of ketones is 2. The average molecular weight is 978 g/mol. The van der Waals surface area contributed by atoms with Crippen molar-refractivity contribution >= 4 is 34.8 Å². The van der Waals surface area contributed by atoms with Crippen molar-refractivity contribution in [3.05, 3.63) is 127 Å². The summed E-state index contributed by atoms with van der Waals surface area (Å²) in [6.45, 7) is 6.66. The summed E-state index contributed by atoms with van der Waals surface area (Å²) < 4.78 is 112. The van der Waals surface area contributed by atoms with Crippen molar-refractivity contribution in [2.24, 2.45) is 10.8 Å². The molecule has 0 amide bonds. The van der Waals surface area contributed by atoms with Crippen LogP contribution in [0.4, 0.5) is 35.1 Å². The lowest BCUT2D eigenvalue weighted by Gasteiger charge is -2.26. The molecule has 4 aromatic carbocycles. The van der Waals surface area contributed by atoms with Crippen LogP contribution in [0.15, 0.2) is 77.6 Å². The maximum atomic E-state index is 14.1. The zero-order valence-electron chi connectivity index (χ0n) is 36.9. The van der Waals surface area contributed by atoms with Crippen LogP contribution in [-0.4, -0.2) is 60.9 Å². The highest BCUT2D eigenvalue weighted by Crippen LogP contribution is 2.41. The number of ether oxygens (including phenoxy) is 1. The Balaban J connectivity index is 0.000000251. The number of hydrogen-bond acceptors (Lipinski definition) is 9. The van der Waals surface area contributed by atoms with Crippen LogP contribution >= 0.6 is 23.2 Å². The molecule has 0 radical (unpaired) electrons. The van der Waals surface area contributed by atoms with E-state index in [9.17, 15) is 49.5 Å². The first kappa shape index (κ1) is 51.8. The van der Waals surface area contributed by atoms with E-state index in [0.717, 1.165) is 27.7 Å². The maximum Gasteiger partial charge on any atom is 0.400 e. The Morgan fingerprint density at radius 3 is 1.48 bits per heavy atom. The Bertz CT molecular complexity index is 2890. The molecule has 0 saturated carbocycles. The second kappa shape index (κ2) is 20.4. The van der Waals surface area contributed by atoms with Gasteiger partial charge in [-0.2, -0.15) is 41.3 Å². The molecule has 2 aromatic heterocycles. The predicted molar refractivity (Wildman–Crippen MR) is 237 cm³/mol. The molecule has 0 aliphatic carbocycles. The van der Waals surface area contributed by atoms with Gasteiger partial charge < -0.3 is 4.74 Å². The van der Waals surface area contributed by atoms with E-state index >= 15 is 0 Å². The Labute approximate surface area is 389 Å². The molecular weight excluding hydrogens is 935 g/mol. The zero-order chi connectivity index (χ0) is 49.8. The fourth-order valence-electron chi connectivity index (χ4n) is 6.07. The molecule has 1 N–H and O–H groups in total. The highest BCUT2D eigenvalue weighted by atomic mass is 35.5. The van der Waals surface area contributed by atoms with Crippen LogP contribution in [-0.2, 0) is 22.4 Å². The first-order valence-electron chi connectivity index (χ1n) is 20.2. The molecule has 10 nitrogen and oxygen atoms in total. The highest BCUT2D eigenvalue weighted by Gasteiger charge is 2.52. The quantitative estimate of drug-likeness (QED) is 0.112. The Hall–Kier alpha value is -6.14. The molecule has 0 fully saturated rings. The number of aromatic amines is 1. The summed E-state index contributed by atoms with van der Waals surface area (Å²) in [4.78, 5) is 59.8. The van der Waals surface area contributed by atoms with Gasteiger partial charge in [-0.05, 0) is 113 Å². The van der Waals surface area contributed by atoms with E-state index in [1.54, 1.807) is 56.3 Å². The molecular formula is C47H42Cl2F8N6O4. The first-order valence-corrected chi connectivity index (χ1v) is 21.0. The fourth-order valence-corrected chi connectivity index (χ4v) is 6.48. The maximum absolute atomic E-state index is 14.1. The first-order chi connectivity index (χ1) is 31.1. The third kappa shape index (κ3) is 12.3. The molecule has 0 aliphatic rings. The van der Waals surface area contributed by atoms with E-state index in [4.69, 9.17) is 27.9 Å². The van der Waals surface area contributed by atoms with Gasteiger partial charge in [0.25, 0.3) is 0 Å². The minimum Gasteiger partial charge on any atom is -0.467 e. The largest absolute Gasteiger partial charge is 0.467 e. The van der Waals surface area contributed by atoms with E-state index in [0.29, 0.717) is 38.9 Å². The van der Waals surface area contributed by atoms with Crippen LogP contribution in [0.3, 0.4) is 0 Å². The molecule has 0 aliphatic heterocycles. The number of alkyl halides is 6. The normalized spacial score (nSPS) is 12.1. The van der Waals surface area contributed by atoms with Crippen LogP contribution in [0.25, 0.3) is 45.6 Å². The smallest absolute Gasteiger partial charge is 0.400 e. The minimum absolute atomic E-state index is 0.0174. The van der Waals surface area contributed by atoms with Gasteiger partial charge in [0, 0.05) is 35.1 Å². The number of carbonyl (C=O) groups is 2. The molecule has 0 unspecified atom stereocenters. The number of aromatic nitrogens is 6. The molecule has 20 heteroatoms. The van der Waals surface area contributed by atoms with Gasteiger partial charge in [0.2, 0.25) is 0 Å². The molecule has 6 rings (SSSR count). The third-order valence-electron chi connectivity index (χ3n) is 11.0. The summed E-state index contributed by atoms with van der Waals surface area (Å²) >= 11 is 12.6. The zero-order valence-corrected chi connectivity index (χ0v) is 38.4. The minimum atomic E-state index is -4.65. The standard InChI is InChI=1S/C24H22ClF4N3O2.C23H20ClF4N3O2/c1-13-5-8-15(12-18(13)26)20-30-21(32-22(31-20)34-4)16-11-14(6-9-17(16)25)7-10-19(33)23(2,3)24(27,28)29;1-12-4-7-14(11-17(12)25)19-29-20(31-21(33)30-19)15-10-13(5-8-16(15)24)6-9-18(32)22(2,3)23(26,27)28/h5-6,8-9,11-12H,7,10H2,1-4H3;4-5,7-8,10-11H,6,9H2,1-3H3,(H,29,30,31,33). The summed E-state index contributed by atoms with van der Waals surface area (Å²) in [6.07, 6.45) is -9.82. The summed E-state index contributed by atoms with van der Waals surface area (Å²) in [6, 6.07) is 18.2. The third-order valence-corrected chi connectivity index (χ3v) is 11.6. The van der Waals surface area contributed by atoms with Gasteiger partial charge in [-0.3, -0.25) is 14.6 Å². The van der Waals surface area contributed by atoms with Crippen molar-refractivity contribution in [1.29, 1.82) is 0 Å². The molecule has 6 aromatic rings. The van der Waals surface area contributed by atoms with Gasteiger partial charge in [0.15, 0.2) is 17.5 Å². The van der Waals surface area contributed by atoms with E-state index < -0.39 is 52.1 Å². The number of H-pyrrole nitrogens is 1. The molecule has 354 valence electrons. The number of aryl methyl sites for hydroxylation is 4. The Morgan fingerprint density at radius 1 is 0.597 bits per heavy atom. The average Bonchev–Trinajstić information content (AvgIpc) is 3.26. The van der Waals surface area contributed by atoms with E-state index in [-0.39, 0.29) is 70.6 Å². The van der Waals surface area contributed by atoms with Gasteiger partial charge in [-0.1, -0.05) is 59.6 Å². The summed E-state index contributed by atoms with van der Waals surface area (Å²) in [5.41, 5.74) is -2.29. The second-order valence-electron chi connectivity index (χ2n) is 16.4. The van der Waals surface area contributed by atoms with Gasteiger partial charge in [0.1, 0.15) is 39.9 Å². The van der Waals surface area contributed by atoms with Gasteiger partial charge in [-0.15, -0.1) is 0 Å². The van der Waals surface area contributed by atoms with Gasteiger partial charge in [0.05, 0.1) is 17.2 Å². The van der Waals surface area contributed by atoms with E-state index in [1.807, 2.05) is 0 Å². The number of rotatable bonds is 13. The monoisotopic (exact) mass is 976 g/mol. The van der Waals surface area contributed by atoms with Crippen molar-refractivity contribution in [2.45, 2.75) is 79.6 Å². The number of nitrogens with zero attached hydrogens (tertiary/aromatic N) is 5. The lowest BCUT2D eigenvalue weighted by Crippen LogP contribution is -2.39. The van der Waals surface area contributed by atoms with Gasteiger partial charge >= 0.3 is 24.1 Å². The molecule has 0 saturated heterocycles. The van der Waals surface area contributed by atoms with Crippen molar-refractivity contribution in [1.82, 2.24) is 29.9 Å². The number of nitrogens with one attached hydrogen (secondary N) is 1. The van der Waals surface area contributed by atoms with Crippen LogP contribution in [0.1, 0.15) is 62.8 Å². The predicted octanol–water partition coefficient (Wildman–Crippen LogP) is 12.1. The van der Waals surface area contributed by atoms with E-state index in [2.05, 4.69) is 29.9 Å². The summed E-state index contributed by atoms with van der Waals surface area (Å²) in [5, 5.41) is 0.496. The number of carbonyl (C=O) groups excluding carboxylic acids is 2. The number of halogens is 10. The number of benzene rings is 4. The van der Waals surface area contributed by atoms with E-state index in [1.165, 1.54) is 37.4 Å². The second-order valence-corrected chi connectivity index (χ2v) is 17.3. The van der Waals surface area contributed by atoms with Crippen LogP contribution in [0.5, 0.6) is 6.01 Å². The van der Waals surface area contributed by atoms with Crippen LogP contribution in [0.2, 0.25) is 10.0 Å². The lowest BCUT2D eigenvalue weighted by molar-refractivity contribution is -0.211. The van der Waals surface area contributed by atoms with Crippen molar-refractivity contribution in [2.75, 3.05) is 7.11 Å². The molecule has 0 bridgehead atoms. The SMILES string of the molecule is COc1nc(-c2ccc(C)c(F)c2)nc(-c2cc(CCC(=O)C(C)(C)C(F)(F)F)ccc2Cl)n1.Cc1ccc(-c2nc(-c3cc(CCC(=O)C(C)(C)C(F)(F)F)ccc3Cl)[nH]c(=O)n2)cc1F. The van der Waals surface area contributed by atoms with Crippen LogP contribution in [0, 0.1) is 36.3 Å². The summed E-state index contributed by atoms with van der Waals surface area (Å²) in [7, 11) is 1.37. The molecule has 0 atom stereocenters. The van der Waals surface area contributed by atoms with Crippen molar-refractivity contribution < 1.29 is 49.4 Å². The highest BCUT2D eigenvalue weighted by molar-refractivity contribution is 6.33. The number of methoxy groups -OCH3 is 1. The van der Waals surface area contributed by atoms with Crippen molar-refractivity contribution in [3.8, 4) is 51.6 Å². The Morgan fingerprint density at radius 2 is 1.03 bits per heavy atom. The number of Topliss-reactive ketones (excluding diaryl/α,β-unsaturated/α-hetero) is 2. The van der Waals surface area contributed by atoms with Crippen molar-refractivity contribution in [3.63, 3.8) is 0 Å². The lowest BCUT2D eigenvalue weighted by atomic mass is 9.84. The van der Waals surface area contributed by atoms with Gasteiger partial charge in [-0.25, -0.2) is 23.5 Å². The Kier molecular flexibility index (Phi) is 15.8. The number of hydrogen-bond donors (Lipinski definition) is 1.